The highest BCUT2D eigenvalue weighted by Gasteiger charge is 2.35. The molecule has 0 aliphatic heterocycles. The fraction of sp³-hybridized carbons (Fsp3) is 0.529. The fourth-order valence-corrected chi connectivity index (χ4v) is 3.76. The number of hydrogen-bond donors (Lipinski definition) is 1. The van der Waals surface area contributed by atoms with Gasteiger partial charge in [0.15, 0.2) is 0 Å². The Bertz CT molecular complexity index is 468. The van der Waals surface area contributed by atoms with E-state index >= 15 is 0 Å². The maximum Gasteiger partial charge on any atom is 0.0438 e. The summed E-state index contributed by atoms with van der Waals surface area (Å²) in [6, 6.07) is 8.65. The molecule has 1 aromatic rings. The smallest absolute Gasteiger partial charge is 0.0438 e. The molecule has 3 rings (SSSR count). The van der Waals surface area contributed by atoms with Crippen LogP contribution in [0.5, 0.6) is 0 Å². The highest BCUT2D eigenvalue weighted by molar-refractivity contribution is 6.31. The first-order chi connectivity index (χ1) is 9.22. The van der Waals surface area contributed by atoms with Crippen molar-refractivity contribution in [1.82, 2.24) is 5.32 Å². The summed E-state index contributed by atoms with van der Waals surface area (Å²) in [4.78, 5) is 0. The maximum atomic E-state index is 6.21. The van der Waals surface area contributed by atoms with Crippen LogP contribution in [-0.4, -0.2) is 12.6 Å². The predicted molar refractivity (Wildman–Crippen MR) is 81.5 cm³/mol. The van der Waals surface area contributed by atoms with E-state index in [1.807, 2.05) is 12.1 Å². The van der Waals surface area contributed by atoms with Crippen LogP contribution in [0.1, 0.15) is 25.3 Å². The molecule has 1 fully saturated rings. The molecular weight excluding hydrogens is 254 g/mol. The van der Waals surface area contributed by atoms with Gasteiger partial charge in [0.25, 0.3) is 0 Å². The lowest BCUT2D eigenvalue weighted by atomic mass is 9.93. The zero-order valence-electron chi connectivity index (χ0n) is 11.5. The van der Waals surface area contributed by atoms with Crippen molar-refractivity contribution in [3.63, 3.8) is 0 Å². The summed E-state index contributed by atoms with van der Waals surface area (Å²) in [6.07, 6.45) is 8.63. The Balaban J connectivity index is 1.48. The molecule has 0 aromatic heterocycles. The van der Waals surface area contributed by atoms with Crippen molar-refractivity contribution in [2.24, 2.45) is 17.8 Å². The lowest BCUT2D eigenvalue weighted by Gasteiger charge is -2.22. The van der Waals surface area contributed by atoms with E-state index in [4.69, 9.17) is 11.6 Å². The topological polar surface area (TPSA) is 12.0 Å². The molecule has 2 aliphatic carbocycles. The fourth-order valence-electron chi connectivity index (χ4n) is 3.55. The van der Waals surface area contributed by atoms with Crippen LogP contribution in [0.3, 0.4) is 0 Å². The molecular formula is C17H22ClN. The molecule has 4 unspecified atom stereocenters. The molecule has 19 heavy (non-hydrogen) atoms. The van der Waals surface area contributed by atoms with E-state index in [1.54, 1.807) is 0 Å². The first-order valence-electron chi connectivity index (χ1n) is 7.37. The van der Waals surface area contributed by atoms with Gasteiger partial charge < -0.3 is 5.32 Å². The number of nitrogens with one attached hydrogen (secondary N) is 1. The predicted octanol–water partition coefficient (Wildman–Crippen LogP) is 4.07. The second-order valence-electron chi connectivity index (χ2n) is 6.15. The first-order valence-corrected chi connectivity index (χ1v) is 7.75. The summed E-state index contributed by atoms with van der Waals surface area (Å²) in [5.41, 5.74) is 1.25. The summed E-state index contributed by atoms with van der Waals surface area (Å²) in [6.45, 7) is 3.41. The number of fused-ring (bicyclic) bond motifs is 2. The third-order valence-electron chi connectivity index (χ3n) is 4.63. The Labute approximate surface area is 121 Å². The molecule has 1 nitrogen and oxygen atoms in total. The molecule has 0 radical (unpaired) electrons. The van der Waals surface area contributed by atoms with E-state index in [2.05, 4.69) is 36.5 Å². The van der Waals surface area contributed by atoms with E-state index in [1.165, 1.54) is 18.4 Å². The van der Waals surface area contributed by atoms with Crippen LogP contribution < -0.4 is 5.32 Å². The summed E-state index contributed by atoms with van der Waals surface area (Å²) in [7, 11) is 0. The number of rotatable bonds is 5. The zero-order chi connectivity index (χ0) is 13.2. The van der Waals surface area contributed by atoms with Gasteiger partial charge in [0.05, 0.1) is 0 Å². The van der Waals surface area contributed by atoms with Crippen molar-refractivity contribution in [3.05, 3.63) is 47.0 Å². The second-order valence-corrected chi connectivity index (χ2v) is 6.55. The van der Waals surface area contributed by atoms with Gasteiger partial charge >= 0.3 is 0 Å². The van der Waals surface area contributed by atoms with E-state index in [0.29, 0.717) is 6.04 Å². The van der Waals surface area contributed by atoms with Crippen LogP contribution in [0.2, 0.25) is 5.02 Å². The Morgan fingerprint density at radius 2 is 2.11 bits per heavy atom. The normalized spacial score (nSPS) is 29.9. The molecule has 0 amide bonds. The van der Waals surface area contributed by atoms with Crippen molar-refractivity contribution in [1.29, 1.82) is 0 Å². The van der Waals surface area contributed by atoms with Gasteiger partial charge in [-0.3, -0.25) is 0 Å². The Morgan fingerprint density at radius 1 is 1.26 bits per heavy atom. The maximum absolute atomic E-state index is 6.21. The minimum Gasteiger partial charge on any atom is -0.314 e. The lowest BCUT2D eigenvalue weighted by Crippen LogP contribution is -2.34. The minimum absolute atomic E-state index is 0.489. The van der Waals surface area contributed by atoms with Gasteiger partial charge in [-0.1, -0.05) is 42.0 Å². The summed E-state index contributed by atoms with van der Waals surface area (Å²) < 4.78 is 0. The molecule has 4 atom stereocenters. The van der Waals surface area contributed by atoms with Gasteiger partial charge in [-0.15, -0.1) is 0 Å². The second kappa shape index (κ2) is 5.68. The van der Waals surface area contributed by atoms with Crippen LogP contribution >= 0.6 is 11.6 Å². The molecule has 1 aromatic carbocycles. The molecule has 0 heterocycles. The Kier molecular flexibility index (Phi) is 3.95. The number of allylic oxidation sites excluding steroid dienone is 2. The summed E-state index contributed by atoms with van der Waals surface area (Å²) >= 11 is 6.21. The first kappa shape index (κ1) is 13.2. The highest BCUT2D eigenvalue weighted by atomic mass is 35.5. The van der Waals surface area contributed by atoms with Crippen LogP contribution in [0.4, 0.5) is 0 Å². The van der Waals surface area contributed by atoms with Crippen LogP contribution in [0.15, 0.2) is 36.4 Å². The molecule has 2 heteroatoms. The van der Waals surface area contributed by atoms with Gasteiger partial charge in [0, 0.05) is 11.1 Å². The van der Waals surface area contributed by atoms with E-state index in [0.717, 1.165) is 35.7 Å². The van der Waals surface area contributed by atoms with Crippen molar-refractivity contribution in [3.8, 4) is 0 Å². The van der Waals surface area contributed by atoms with Crippen LogP contribution in [0, 0.1) is 17.8 Å². The largest absolute Gasteiger partial charge is 0.314 e. The van der Waals surface area contributed by atoms with Gasteiger partial charge in [0.1, 0.15) is 0 Å². The summed E-state index contributed by atoms with van der Waals surface area (Å²) in [5.74, 6) is 2.56. The number of halogens is 1. The quantitative estimate of drug-likeness (QED) is 0.799. The van der Waals surface area contributed by atoms with Crippen molar-refractivity contribution < 1.29 is 0 Å². The van der Waals surface area contributed by atoms with Crippen LogP contribution in [-0.2, 0) is 6.42 Å². The van der Waals surface area contributed by atoms with Crippen LogP contribution in [0.25, 0.3) is 0 Å². The molecule has 0 saturated heterocycles. The third kappa shape index (κ3) is 3.04. The average Bonchev–Trinajstić information content (AvgIpc) is 3.01. The van der Waals surface area contributed by atoms with Gasteiger partial charge in [-0.05, 0) is 62.1 Å². The highest BCUT2D eigenvalue weighted by Crippen LogP contribution is 2.42. The molecule has 2 aliphatic rings. The van der Waals surface area contributed by atoms with Gasteiger partial charge in [-0.2, -0.15) is 0 Å². The van der Waals surface area contributed by atoms with E-state index in [-0.39, 0.29) is 0 Å². The minimum atomic E-state index is 0.489. The van der Waals surface area contributed by atoms with Gasteiger partial charge in [-0.25, -0.2) is 0 Å². The van der Waals surface area contributed by atoms with E-state index < -0.39 is 0 Å². The Hall–Kier alpha value is -0.790. The lowest BCUT2D eigenvalue weighted by molar-refractivity contribution is 0.389. The standard InChI is InChI=1S/C17H22ClN/c1-12(8-15-4-2-3-5-17(15)18)19-11-16-10-13-6-7-14(16)9-13/h2-7,12-14,16,19H,8-11H2,1H3. The molecule has 102 valence electrons. The average molecular weight is 276 g/mol. The number of hydrogen-bond acceptors (Lipinski definition) is 1. The number of benzene rings is 1. The van der Waals surface area contributed by atoms with Gasteiger partial charge in [0.2, 0.25) is 0 Å². The van der Waals surface area contributed by atoms with Crippen molar-refractivity contribution >= 4 is 11.6 Å². The molecule has 1 N–H and O–H groups in total. The van der Waals surface area contributed by atoms with Crippen molar-refractivity contribution in [2.75, 3.05) is 6.54 Å². The SMILES string of the molecule is CC(Cc1ccccc1Cl)NCC1CC2C=CC1C2. The third-order valence-corrected chi connectivity index (χ3v) is 5.00. The summed E-state index contributed by atoms with van der Waals surface area (Å²) in [5, 5.41) is 4.58. The Morgan fingerprint density at radius 3 is 2.79 bits per heavy atom. The molecule has 0 spiro atoms. The molecule has 1 saturated carbocycles. The zero-order valence-corrected chi connectivity index (χ0v) is 12.2. The molecule has 2 bridgehead atoms. The monoisotopic (exact) mass is 275 g/mol. The van der Waals surface area contributed by atoms with E-state index in [9.17, 15) is 0 Å². The van der Waals surface area contributed by atoms with Crippen molar-refractivity contribution in [2.45, 2.75) is 32.2 Å².